The molecular weight excluding hydrogens is 453 g/mol. The van der Waals surface area contributed by atoms with E-state index in [1.165, 1.54) is 0 Å². The first-order chi connectivity index (χ1) is 13.8. The van der Waals surface area contributed by atoms with Crippen LogP contribution >= 0.6 is 10.2 Å². The third-order valence-electron chi connectivity index (χ3n) is 4.35. The van der Waals surface area contributed by atoms with E-state index in [2.05, 4.69) is 5.32 Å². The van der Waals surface area contributed by atoms with Crippen LogP contribution < -0.4 is 10.1 Å². The molecule has 1 aliphatic heterocycles. The van der Waals surface area contributed by atoms with Crippen LogP contribution in [0.25, 0.3) is 0 Å². The van der Waals surface area contributed by atoms with Gasteiger partial charge in [0.15, 0.2) is 0 Å². The first kappa shape index (κ1) is 24.9. The monoisotopic (exact) mass is 477 g/mol. The molecular formula is C17H24F5N3O5S. The van der Waals surface area contributed by atoms with Gasteiger partial charge in [0.1, 0.15) is 10.5 Å². The minimum atomic E-state index is -10.2. The highest BCUT2D eigenvalue weighted by atomic mass is 32.5. The minimum Gasteiger partial charge on any atom is -0.490 e. The summed E-state index contributed by atoms with van der Waals surface area (Å²) in [6.45, 7) is 5.20. The quantitative estimate of drug-likeness (QED) is 0.337. The molecule has 0 aromatic heterocycles. The zero-order valence-electron chi connectivity index (χ0n) is 17.3. The first-order valence-corrected chi connectivity index (χ1v) is 11.1. The lowest BCUT2D eigenvalue weighted by molar-refractivity contribution is -0.386. The van der Waals surface area contributed by atoms with Crippen molar-refractivity contribution >= 4 is 22.0 Å². The van der Waals surface area contributed by atoms with Gasteiger partial charge in [-0.05, 0) is 33.3 Å². The molecule has 1 unspecified atom stereocenters. The van der Waals surface area contributed by atoms with E-state index in [4.69, 9.17) is 9.47 Å². The number of hydrogen-bond acceptors (Lipinski definition) is 6. The molecule has 31 heavy (non-hydrogen) atoms. The Balaban J connectivity index is 2.28. The predicted molar refractivity (Wildman–Crippen MR) is 104 cm³/mol. The summed E-state index contributed by atoms with van der Waals surface area (Å²) < 4.78 is 76.6. The Morgan fingerprint density at radius 2 is 1.90 bits per heavy atom. The molecule has 1 fully saturated rings. The van der Waals surface area contributed by atoms with Crippen LogP contribution in [0.2, 0.25) is 0 Å². The highest BCUT2D eigenvalue weighted by molar-refractivity contribution is 8.45. The van der Waals surface area contributed by atoms with Crippen LogP contribution in [0, 0.1) is 10.1 Å². The van der Waals surface area contributed by atoms with Gasteiger partial charge in [-0.25, -0.2) is 4.79 Å². The first-order valence-electron chi connectivity index (χ1n) is 9.10. The number of ether oxygens (including phenoxy) is 2. The number of alkyl carbamates (subject to hydrolysis) is 1. The normalized spacial score (nSPS) is 20.0. The molecule has 0 bridgehead atoms. The van der Waals surface area contributed by atoms with E-state index in [1.54, 1.807) is 25.7 Å². The summed E-state index contributed by atoms with van der Waals surface area (Å²) in [4.78, 5) is 21.1. The molecule has 1 N–H and O–H groups in total. The van der Waals surface area contributed by atoms with Gasteiger partial charge in [-0.3, -0.25) is 15.0 Å². The Morgan fingerprint density at radius 3 is 2.39 bits per heavy atom. The Hall–Kier alpha value is -2.35. The number of nitro benzene ring substituents is 1. The smallest absolute Gasteiger partial charge is 0.407 e. The van der Waals surface area contributed by atoms with Gasteiger partial charge in [0, 0.05) is 37.3 Å². The molecule has 2 rings (SSSR count). The van der Waals surface area contributed by atoms with Crippen LogP contribution in [0.1, 0.15) is 32.8 Å². The predicted octanol–water partition coefficient (Wildman–Crippen LogP) is 5.36. The lowest BCUT2D eigenvalue weighted by Crippen LogP contribution is -2.40. The van der Waals surface area contributed by atoms with Crippen molar-refractivity contribution in [3.63, 3.8) is 0 Å². The Kier molecular flexibility index (Phi) is 5.92. The number of nitro groups is 1. The molecule has 1 atom stereocenters. The average molecular weight is 477 g/mol. The Bertz CT molecular complexity index is 889. The number of likely N-dealkylation sites (tertiary alicyclic amines) is 1. The zero-order valence-corrected chi connectivity index (χ0v) is 18.1. The van der Waals surface area contributed by atoms with Gasteiger partial charge in [-0.1, -0.05) is 19.4 Å². The van der Waals surface area contributed by atoms with Crippen LogP contribution in [0.4, 0.5) is 29.9 Å². The minimum absolute atomic E-state index is 0.177. The van der Waals surface area contributed by atoms with Crippen LogP contribution in [0.15, 0.2) is 17.0 Å². The van der Waals surface area contributed by atoms with E-state index in [-0.39, 0.29) is 25.2 Å². The van der Waals surface area contributed by atoms with Gasteiger partial charge < -0.3 is 14.8 Å². The lowest BCUT2D eigenvalue weighted by Gasteiger charge is -2.40. The molecule has 0 aliphatic carbocycles. The number of carbonyl (C=O) groups is 1. The molecule has 1 saturated heterocycles. The number of hydrogen-bond donors (Lipinski definition) is 1. The molecule has 1 aliphatic rings. The van der Waals surface area contributed by atoms with Crippen molar-refractivity contribution < 1.29 is 38.6 Å². The summed E-state index contributed by atoms with van der Waals surface area (Å²) in [6, 6.07) is -0.419. The van der Waals surface area contributed by atoms with E-state index in [1.807, 2.05) is 0 Å². The second kappa shape index (κ2) is 7.36. The molecule has 14 heteroatoms. The maximum absolute atomic E-state index is 13.3. The van der Waals surface area contributed by atoms with Gasteiger partial charge >= 0.3 is 22.0 Å². The zero-order chi connectivity index (χ0) is 23.9. The maximum atomic E-state index is 13.3. The molecule has 0 saturated carbocycles. The Morgan fingerprint density at radius 1 is 1.29 bits per heavy atom. The number of nitrogens with one attached hydrogen (secondary N) is 1. The van der Waals surface area contributed by atoms with Crippen molar-refractivity contribution in [1.82, 2.24) is 10.2 Å². The van der Waals surface area contributed by atoms with Crippen molar-refractivity contribution in [1.29, 1.82) is 0 Å². The van der Waals surface area contributed by atoms with Crippen LogP contribution in [-0.2, 0) is 11.3 Å². The van der Waals surface area contributed by atoms with Crippen LogP contribution in [0.5, 0.6) is 5.75 Å². The van der Waals surface area contributed by atoms with E-state index < -0.39 is 54.8 Å². The van der Waals surface area contributed by atoms with Crippen molar-refractivity contribution in [2.75, 3.05) is 20.2 Å². The van der Waals surface area contributed by atoms with Gasteiger partial charge in [-0.2, -0.15) is 0 Å². The number of benzene rings is 1. The Labute approximate surface area is 175 Å². The van der Waals surface area contributed by atoms with Crippen LogP contribution in [0.3, 0.4) is 0 Å². The van der Waals surface area contributed by atoms with Crippen LogP contribution in [-0.4, -0.2) is 47.8 Å². The third-order valence-corrected chi connectivity index (χ3v) is 5.48. The topological polar surface area (TPSA) is 93.9 Å². The second-order valence-corrected chi connectivity index (χ2v) is 10.6. The van der Waals surface area contributed by atoms with E-state index in [0.717, 1.165) is 7.11 Å². The summed E-state index contributed by atoms with van der Waals surface area (Å²) in [5.74, 6) is -0.529. The highest BCUT2D eigenvalue weighted by Crippen LogP contribution is 3.02. The third kappa shape index (κ3) is 6.82. The van der Waals surface area contributed by atoms with Gasteiger partial charge in [0.05, 0.1) is 12.0 Å². The largest absolute Gasteiger partial charge is 0.490 e. The SMILES string of the molecule is COc1c(CN2CCC(NC(=O)OC(C)(C)C)C2)cc(S(F)(F)(F)(F)F)cc1[N+](=O)[O-]. The molecule has 1 amide bonds. The van der Waals surface area contributed by atoms with Crippen molar-refractivity contribution in [3.05, 3.63) is 27.8 Å². The fraction of sp³-hybridized carbons (Fsp3) is 0.588. The molecule has 178 valence electrons. The van der Waals surface area contributed by atoms with Gasteiger partial charge in [0.2, 0.25) is 5.75 Å². The number of methoxy groups -OCH3 is 1. The number of carbonyl (C=O) groups excluding carboxylic acids is 1. The van der Waals surface area contributed by atoms with E-state index >= 15 is 0 Å². The summed E-state index contributed by atoms with van der Waals surface area (Å²) in [7, 11) is -9.16. The van der Waals surface area contributed by atoms with Crippen molar-refractivity contribution in [2.45, 2.75) is 50.3 Å². The lowest BCUT2D eigenvalue weighted by atomic mass is 10.1. The highest BCUT2D eigenvalue weighted by Gasteiger charge is 2.66. The molecule has 8 nitrogen and oxygen atoms in total. The summed E-state index contributed by atoms with van der Waals surface area (Å²) in [5.41, 5.74) is -2.33. The van der Waals surface area contributed by atoms with Gasteiger partial charge in [-0.15, -0.1) is 0 Å². The van der Waals surface area contributed by atoms with Crippen molar-refractivity contribution in [3.8, 4) is 5.75 Å². The number of rotatable bonds is 6. The van der Waals surface area contributed by atoms with E-state index in [0.29, 0.717) is 13.0 Å². The fourth-order valence-electron chi connectivity index (χ4n) is 3.16. The molecule has 1 aromatic carbocycles. The number of halogens is 5. The standard InChI is InChI=1S/C17H24F5N3O5S/c1-17(2,3)30-16(26)23-12-5-6-24(10-12)9-11-7-13(31(18,19,20,21)22)8-14(25(27)28)15(11)29-4/h7-8,12H,5-6,9-10H2,1-4H3,(H,23,26). The van der Waals surface area contributed by atoms with E-state index in [9.17, 15) is 34.3 Å². The molecule has 1 heterocycles. The molecule has 1 aromatic rings. The maximum Gasteiger partial charge on any atom is 0.407 e. The van der Waals surface area contributed by atoms with Crippen molar-refractivity contribution in [2.24, 2.45) is 0 Å². The summed E-state index contributed by atoms with van der Waals surface area (Å²) in [6.07, 6.45) is -0.249. The number of amides is 1. The second-order valence-electron chi connectivity index (χ2n) is 8.23. The summed E-state index contributed by atoms with van der Waals surface area (Å²) in [5, 5.41) is 13.8. The average Bonchev–Trinajstić information content (AvgIpc) is 2.96. The molecule has 0 radical (unpaired) electrons. The fourth-order valence-corrected chi connectivity index (χ4v) is 3.86. The summed E-state index contributed by atoms with van der Waals surface area (Å²) >= 11 is 0. The number of nitrogens with zero attached hydrogens (tertiary/aromatic N) is 2. The molecule has 0 spiro atoms. The van der Waals surface area contributed by atoms with Gasteiger partial charge in [0.25, 0.3) is 0 Å².